The van der Waals surface area contributed by atoms with Gasteiger partial charge in [-0.15, -0.1) is 0 Å². The quantitative estimate of drug-likeness (QED) is 0.668. The number of nitro groups is 1. The predicted octanol–water partition coefficient (Wildman–Crippen LogP) is 3.93. The van der Waals surface area contributed by atoms with Crippen molar-refractivity contribution in [3.63, 3.8) is 0 Å². The Bertz CT molecular complexity index is 873. The SMILES string of the molecule is N#CCc1cccc(C(=O)Nc2ccc([N+](=O)[O-])c(C(F)(F)F)c2)c1. The minimum Gasteiger partial charge on any atom is -0.322 e. The minimum absolute atomic E-state index is 0.0802. The largest absolute Gasteiger partial charge is 0.423 e. The number of carbonyl (C=O) groups is 1. The summed E-state index contributed by atoms with van der Waals surface area (Å²) in [5.74, 6) is -0.693. The summed E-state index contributed by atoms with van der Waals surface area (Å²) in [7, 11) is 0. The van der Waals surface area contributed by atoms with E-state index in [4.69, 9.17) is 5.26 Å². The molecule has 2 aromatic rings. The number of carbonyl (C=O) groups excluding carboxylic acids is 1. The zero-order chi connectivity index (χ0) is 18.6. The molecule has 1 N–H and O–H groups in total. The van der Waals surface area contributed by atoms with Gasteiger partial charge in [-0.3, -0.25) is 14.9 Å². The van der Waals surface area contributed by atoms with Crippen LogP contribution in [0.15, 0.2) is 42.5 Å². The van der Waals surface area contributed by atoms with E-state index in [-0.39, 0.29) is 17.7 Å². The average Bonchev–Trinajstić information content (AvgIpc) is 2.54. The van der Waals surface area contributed by atoms with Gasteiger partial charge in [0.15, 0.2) is 0 Å². The summed E-state index contributed by atoms with van der Waals surface area (Å²) in [6.45, 7) is 0. The standard InChI is InChI=1S/C16H10F3N3O3/c17-16(18,19)13-9-12(4-5-14(13)22(24)25)21-15(23)11-3-1-2-10(8-11)6-7-20/h1-5,8-9H,6H2,(H,21,23). The highest BCUT2D eigenvalue weighted by atomic mass is 19.4. The first-order valence-corrected chi connectivity index (χ1v) is 6.85. The summed E-state index contributed by atoms with van der Waals surface area (Å²) in [6.07, 6.45) is -4.85. The van der Waals surface area contributed by atoms with Crippen molar-refractivity contribution < 1.29 is 22.9 Å². The molecular formula is C16H10F3N3O3. The van der Waals surface area contributed by atoms with Gasteiger partial charge in [0.2, 0.25) is 0 Å². The van der Waals surface area contributed by atoms with Crippen LogP contribution in [0.4, 0.5) is 24.5 Å². The first-order valence-electron chi connectivity index (χ1n) is 6.85. The van der Waals surface area contributed by atoms with Gasteiger partial charge >= 0.3 is 6.18 Å². The number of halogens is 3. The van der Waals surface area contributed by atoms with Crippen LogP contribution in [0.3, 0.4) is 0 Å². The highest BCUT2D eigenvalue weighted by Gasteiger charge is 2.38. The van der Waals surface area contributed by atoms with E-state index in [9.17, 15) is 28.1 Å². The average molecular weight is 349 g/mol. The van der Waals surface area contributed by atoms with Gasteiger partial charge in [-0.05, 0) is 29.8 Å². The minimum atomic E-state index is -4.93. The number of nitrogens with one attached hydrogen (secondary N) is 1. The molecule has 0 aromatic heterocycles. The summed E-state index contributed by atoms with van der Waals surface area (Å²) in [5.41, 5.74) is -2.04. The monoisotopic (exact) mass is 349 g/mol. The van der Waals surface area contributed by atoms with E-state index in [1.807, 2.05) is 6.07 Å². The summed E-state index contributed by atoms with van der Waals surface area (Å²) < 4.78 is 38.8. The Kier molecular flexibility index (Phi) is 5.02. The van der Waals surface area contributed by atoms with Gasteiger partial charge in [0.25, 0.3) is 11.6 Å². The number of amides is 1. The van der Waals surface area contributed by atoms with Gasteiger partial charge in [0.1, 0.15) is 5.56 Å². The smallest absolute Gasteiger partial charge is 0.322 e. The number of nitro benzene ring substituents is 1. The maximum atomic E-state index is 12.9. The summed E-state index contributed by atoms with van der Waals surface area (Å²) >= 11 is 0. The Balaban J connectivity index is 2.31. The number of alkyl halides is 3. The molecule has 0 fully saturated rings. The Morgan fingerprint density at radius 3 is 2.56 bits per heavy atom. The lowest BCUT2D eigenvalue weighted by Crippen LogP contribution is -2.14. The third-order valence-electron chi connectivity index (χ3n) is 3.23. The normalized spacial score (nSPS) is 10.8. The Morgan fingerprint density at radius 1 is 1.24 bits per heavy atom. The molecule has 0 atom stereocenters. The molecule has 6 nitrogen and oxygen atoms in total. The van der Waals surface area contributed by atoms with Gasteiger partial charge in [-0.1, -0.05) is 12.1 Å². The number of hydrogen-bond donors (Lipinski definition) is 1. The molecule has 0 aliphatic heterocycles. The van der Waals surface area contributed by atoms with Crippen molar-refractivity contribution >= 4 is 17.3 Å². The van der Waals surface area contributed by atoms with Gasteiger partial charge in [0, 0.05) is 17.3 Å². The highest BCUT2D eigenvalue weighted by Crippen LogP contribution is 2.37. The molecule has 0 saturated carbocycles. The van der Waals surface area contributed by atoms with Crippen molar-refractivity contribution in [2.24, 2.45) is 0 Å². The van der Waals surface area contributed by atoms with Gasteiger partial charge in [-0.2, -0.15) is 18.4 Å². The summed E-state index contributed by atoms with van der Waals surface area (Å²) in [5, 5.41) is 21.6. The molecule has 0 unspecified atom stereocenters. The van der Waals surface area contributed by atoms with Crippen LogP contribution in [-0.2, 0) is 12.6 Å². The van der Waals surface area contributed by atoms with Crippen molar-refractivity contribution in [3.05, 3.63) is 69.3 Å². The van der Waals surface area contributed by atoms with Crippen molar-refractivity contribution in [1.29, 1.82) is 5.26 Å². The molecule has 25 heavy (non-hydrogen) atoms. The summed E-state index contributed by atoms with van der Waals surface area (Å²) in [4.78, 5) is 21.7. The lowest BCUT2D eigenvalue weighted by atomic mass is 10.1. The third-order valence-corrected chi connectivity index (χ3v) is 3.23. The van der Waals surface area contributed by atoms with E-state index in [1.165, 1.54) is 12.1 Å². The van der Waals surface area contributed by atoms with Crippen molar-refractivity contribution in [2.45, 2.75) is 12.6 Å². The van der Waals surface area contributed by atoms with Crippen LogP contribution < -0.4 is 5.32 Å². The van der Waals surface area contributed by atoms with E-state index in [0.717, 1.165) is 6.07 Å². The zero-order valence-electron chi connectivity index (χ0n) is 12.5. The fraction of sp³-hybridized carbons (Fsp3) is 0.125. The van der Waals surface area contributed by atoms with Crippen LogP contribution >= 0.6 is 0 Å². The van der Waals surface area contributed by atoms with Crippen molar-refractivity contribution in [1.82, 2.24) is 0 Å². The molecule has 0 radical (unpaired) electrons. The molecule has 0 bridgehead atoms. The maximum absolute atomic E-state index is 12.9. The molecule has 128 valence electrons. The molecule has 0 heterocycles. The van der Waals surface area contributed by atoms with Crippen LogP contribution in [0, 0.1) is 21.4 Å². The number of nitriles is 1. The van der Waals surface area contributed by atoms with Crippen LogP contribution in [0.1, 0.15) is 21.5 Å². The number of benzene rings is 2. The number of anilines is 1. The zero-order valence-corrected chi connectivity index (χ0v) is 12.5. The van der Waals surface area contributed by atoms with E-state index < -0.39 is 28.3 Å². The third kappa shape index (κ3) is 4.32. The second-order valence-electron chi connectivity index (χ2n) is 4.98. The fourth-order valence-corrected chi connectivity index (χ4v) is 2.12. The lowest BCUT2D eigenvalue weighted by Gasteiger charge is -2.11. The predicted molar refractivity (Wildman–Crippen MR) is 81.8 cm³/mol. The summed E-state index contributed by atoms with van der Waals surface area (Å²) in [6, 6.07) is 10.2. The molecule has 2 rings (SSSR count). The van der Waals surface area contributed by atoms with Crippen LogP contribution in [0.5, 0.6) is 0 Å². The molecule has 1 amide bonds. The maximum Gasteiger partial charge on any atom is 0.423 e. The molecule has 0 saturated heterocycles. The molecule has 2 aromatic carbocycles. The lowest BCUT2D eigenvalue weighted by molar-refractivity contribution is -0.388. The second-order valence-corrected chi connectivity index (χ2v) is 4.98. The molecule has 9 heteroatoms. The number of nitrogens with zero attached hydrogens (tertiary/aromatic N) is 2. The highest BCUT2D eigenvalue weighted by molar-refractivity contribution is 6.04. The Hall–Kier alpha value is -3.41. The van der Waals surface area contributed by atoms with E-state index in [1.54, 1.807) is 12.1 Å². The number of hydrogen-bond acceptors (Lipinski definition) is 4. The molecule has 0 spiro atoms. The van der Waals surface area contributed by atoms with Gasteiger partial charge in [0.05, 0.1) is 17.4 Å². The van der Waals surface area contributed by atoms with Crippen molar-refractivity contribution in [3.8, 4) is 6.07 Å². The molecular weight excluding hydrogens is 339 g/mol. The Labute approximate surface area is 139 Å². The first-order chi connectivity index (χ1) is 11.7. The second kappa shape index (κ2) is 7.00. The van der Waals surface area contributed by atoms with Crippen molar-refractivity contribution in [2.75, 3.05) is 5.32 Å². The van der Waals surface area contributed by atoms with Crippen LogP contribution in [0.25, 0.3) is 0 Å². The molecule has 0 aliphatic rings. The topological polar surface area (TPSA) is 96.0 Å². The van der Waals surface area contributed by atoms with Crippen LogP contribution in [0.2, 0.25) is 0 Å². The Morgan fingerprint density at radius 2 is 1.96 bits per heavy atom. The van der Waals surface area contributed by atoms with Crippen LogP contribution in [-0.4, -0.2) is 10.8 Å². The van der Waals surface area contributed by atoms with E-state index in [0.29, 0.717) is 17.7 Å². The fourth-order valence-electron chi connectivity index (χ4n) is 2.12. The van der Waals surface area contributed by atoms with Gasteiger partial charge in [-0.25, -0.2) is 0 Å². The van der Waals surface area contributed by atoms with E-state index >= 15 is 0 Å². The molecule has 0 aliphatic carbocycles. The first kappa shape index (κ1) is 17.9. The van der Waals surface area contributed by atoms with E-state index in [2.05, 4.69) is 5.32 Å². The number of rotatable bonds is 4. The van der Waals surface area contributed by atoms with Gasteiger partial charge < -0.3 is 5.32 Å².